The maximum Gasteiger partial charge on any atom is 0.218 e. The van der Waals surface area contributed by atoms with Crippen molar-refractivity contribution in [3.8, 4) is 5.88 Å². The highest BCUT2D eigenvalue weighted by Crippen LogP contribution is 2.19. The number of aromatic nitrogens is 2. The van der Waals surface area contributed by atoms with Crippen LogP contribution in [0, 0.1) is 6.92 Å². The third-order valence-electron chi connectivity index (χ3n) is 3.50. The summed E-state index contributed by atoms with van der Waals surface area (Å²) < 4.78 is 10.4. The lowest BCUT2D eigenvalue weighted by Crippen LogP contribution is -2.39. The highest BCUT2D eigenvalue weighted by molar-refractivity contribution is 5.42. The summed E-state index contributed by atoms with van der Waals surface area (Å²) in [7, 11) is 3.35. The van der Waals surface area contributed by atoms with Crippen molar-refractivity contribution in [2.24, 2.45) is 0 Å². The lowest BCUT2D eigenvalue weighted by molar-refractivity contribution is 0.204. The average Bonchev–Trinajstić information content (AvgIpc) is 2.95. The standard InChI is InChI=1S/C14H24N4O2/c1-11-16-13(9-14(17-11)20-3)18(7-8-19-2)10-12-5-4-6-15-12/h9,12,15H,4-8,10H2,1-3H3. The number of rotatable bonds is 7. The molecular formula is C14H24N4O2. The molecule has 0 spiro atoms. The second-order valence-corrected chi connectivity index (χ2v) is 5.05. The molecule has 1 unspecified atom stereocenters. The van der Waals surface area contributed by atoms with E-state index < -0.39 is 0 Å². The van der Waals surface area contributed by atoms with Gasteiger partial charge in [0.2, 0.25) is 5.88 Å². The molecule has 1 aliphatic heterocycles. The minimum atomic E-state index is 0.521. The molecule has 6 nitrogen and oxygen atoms in total. The lowest BCUT2D eigenvalue weighted by atomic mass is 10.2. The van der Waals surface area contributed by atoms with Crippen molar-refractivity contribution in [2.75, 3.05) is 45.4 Å². The van der Waals surface area contributed by atoms with E-state index >= 15 is 0 Å². The Balaban J connectivity index is 2.13. The van der Waals surface area contributed by atoms with Gasteiger partial charge < -0.3 is 19.7 Å². The van der Waals surface area contributed by atoms with Crippen molar-refractivity contribution in [3.63, 3.8) is 0 Å². The van der Waals surface area contributed by atoms with Gasteiger partial charge in [0.25, 0.3) is 0 Å². The molecule has 2 rings (SSSR count). The summed E-state index contributed by atoms with van der Waals surface area (Å²) in [4.78, 5) is 11.0. The van der Waals surface area contributed by atoms with Crippen molar-refractivity contribution >= 4 is 5.82 Å². The van der Waals surface area contributed by atoms with Gasteiger partial charge >= 0.3 is 0 Å². The van der Waals surface area contributed by atoms with Crippen LogP contribution in [0.25, 0.3) is 0 Å². The third kappa shape index (κ3) is 4.05. The average molecular weight is 280 g/mol. The van der Waals surface area contributed by atoms with Crippen molar-refractivity contribution in [3.05, 3.63) is 11.9 Å². The van der Waals surface area contributed by atoms with E-state index in [0.717, 1.165) is 31.3 Å². The van der Waals surface area contributed by atoms with Gasteiger partial charge in [0, 0.05) is 32.3 Å². The minimum absolute atomic E-state index is 0.521. The first-order valence-electron chi connectivity index (χ1n) is 7.10. The summed E-state index contributed by atoms with van der Waals surface area (Å²) in [6.45, 7) is 5.42. The molecule has 1 fully saturated rings. The van der Waals surface area contributed by atoms with Crippen LogP contribution < -0.4 is 15.0 Å². The van der Waals surface area contributed by atoms with Gasteiger partial charge in [-0.1, -0.05) is 0 Å². The Morgan fingerprint density at radius 2 is 2.25 bits per heavy atom. The predicted octanol–water partition coefficient (Wildman–Crippen LogP) is 0.998. The van der Waals surface area contributed by atoms with E-state index in [1.165, 1.54) is 12.8 Å². The van der Waals surface area contributed by atoms with Crippen LogP contribution in [0.3, 0.4) is 0 Å². The Hall–Kier alpha value is -1.40. The van der Waals surface area contributed by atoms with E-state index in [4.69, 9.17) is 9.47 Å². The fourth-order valence-electron chi connectivity index (χ4n) is 2.47. The Morgan fingerprint density at radius 3 is 2.90 bits per heavy atom. The Morgan fingerprint density at radius 1 is 1.40 bits per heavy atom. The summed E-state index contributed by atoms with van der Waals surface area (Å²) in [5.74, 6) is 2.23. The molecule has 0 aromatic carbocycles. The van der Waals surface area contributed by atoms with Gasteiger partial charge in [-0.2, -0.15) is 4.98 Å². The molecule has 0 aliphatic carbocycles. The van der Waals surface area contributed by atoms with Crippen molar-refractivity contribution in [2.45, 2.75) is 25.8 Å². The first kappa shape index (κ1) is 15.0. The summed E-state index contributed by atoms with van der Waals surface area (Å²) in [6, 6.07) is 2.41. The van der Waals surface area contributed by atoms with Gasteiger partial charge in [-0.15, -0.1) is 0 Å². The number of nitrogens with one attached hydrogen (secondary N) is 1. The molecule has 1 aromatic heterocycles. The van der Waals surface area contributed by atoms with Gasteiger partial charge in [-0.3, -0.25) is 0 Å². The largest absolute Gasteiger partial charge is 0.481 e. The molecule has 1 aliphatic rings. The van der Waals surface area contributed by atoms with Crippen LogP contribution in [0.1, 0.15) is 18.7 Å². The zero-order valence-corrected chi connectivity index (χ0v) is 12.6. The van der Waals surface area contributed by atoms with Crippen LogP contribution in [-0.2, 0) is 4.74 Å². The molecule has 6 heteroatoms. The Kier molecular flexibility index (Phi) is 5.55. The van der Waals surface area contributed by atoms with E-state index in [0.29, 0.717) is 18.5 Å². The summed E-state index contributed by atoms with van der Waals surface area (Å²) >= 11 is 0. The normalized spacial score (nSPS) is 18.2. The van der Waals surface area contributed by atoms with Crippen LogP contribution in [0.15, 0.2) is 6.07 Å². The second-order valence-electron chi connectivity index (χ2n) is 5.05. The lowest BCUT2D eigenvalue weighted by Gasteiger charge is -2.27. The highest BCUT2D eigenvalue weighted by atomic mass is 16.5. The molecule has 1 atom stereocenters. The summed E-state index contributed by atoms with van der Waals surface area (Å²) in [6.07, 6.45) is 2.46. The van der Waals surface area contributed by atoms with Crippen LogP contribution in [0.2, 0.25) is 0 Å². The number of ether oxygens (including phenoxy) is 2. The summed E-state index contributed by atoms with van der Waals surface area (Å²) in [5, 5.41) is 3.52. The first-order valence-corrected chi connectivity index (χ1v) is 7.10. The molecule has 0 amide bonds. The van der Waals surface area contributed by atoms with Crippen LogP contribution in [0.5, 0.6) is 5.88 Å². The monoisotopic (exact) mass is 280 g/mol. The number of methoxy groups -OCH3 is 2. The number of hydrogen-bond acceptors (Lipinski definition) is 6. The molecule has 1 aromatic rings. The smallest absolute Gasteiger partial charge is 0.218 e. The van der Waals surface area contributed by atoms with Gasteiger partial charge in [-0.05, 0) is 26.3 Å². The van der Waals surface area contributed by atoms with E-state index in [9.17, 15) is 0 Å². The Labute approximate surface area is 120 Å². The molecule has 1 saturated heterocycles. The number of aryl methyl sites for hydroxylation is 1. The third-order valence-corrected chi connectivity index (χ3v) is 3.50. The first-order chi connectivity index (χ1) is 9.72. The maximum atomic E-state index is 5.24. The Bertz CT molecular complexity index is 422. The van der Waals surface area contributed by atoms with Crippen molar-refractivity contribution in [1.82, 2.24) is 15.3 Å². The van der Waals surface area contributed by atoms with E-state index in [2.05, 4.69) is 20.2 Å². The maximum absolute atomic E-state index is 5.24. The van der Waals surface area contributed by atoms with Crippen molar-refractivity contribution in [1.29, 1.82) is 0 Å². The van der Waals surface area contributed by atoms with Gasteiger partial charge in [0.15, 0.2) is 0 Å². The molecule has 112 valence electrons. The quantitative estimate of drug-likeness (QED) is 0.804. The van der Waals surface area contributed by atoms with Crippen LogP contribution >= 0.6 is 0 Å². The van der Waals surface area contributed by atoms with E-state index in [-0.39, 0.29) is 0 Å². The number of hydrogen-bond donors (Lipinski definition) is 1. The predicted molar refractivity (Wildman–Crippen MR) is 78.4 cm³/mol. The van der Waals surface area contributed by atoms with E-state index in [1.54, 1.807) is 14.2 Å². The molecule has 0 bridgehead atoms. The fraction of sp³-hybridized carbons (Fsp3) is 0.714. The second kappa shape index (κ2) is 7.40. The summed E-state index contributed by atoms with van der Waals surface area (Å²) in [5.41, 5.74) is 0. The molecular weight excluding hydrogens is 256 g/mol. The zero-order chi connectivity index (χ0) is 14.4. The minimum Gasteiger partial charge on any atom is -0.481 e. The molecule has 0 radical (unpaired) electrons. The topological polar surface area (TPSA) is 59.5 Å². The van der Waals surface area contributed by atoms with Gasteiger partial charge in [-0.25, -0.2) is 4.98 Å². The fourth-order valence-corrected chi connectivity index (χ4v) is 2.47. The van der Waals surface area contributed by atoms with Crippen LogP contribution in [-0.4, -0.2) is 56.5 Å². The SMILES string of the molecule is COCCN(CC1CCCN1)c1cc(OC)nc(C)n1. The molecule has 1 N–H and O–H groups in total. The zero-order valence-electron chi connectivity index (χ0n) is 12.6. The van der Waals surface area contributed by atoms with Crippen molar-refractivity contribution < 1.29 is 9.47 Å². The molecule has 20 heavy (non-hydrogen) atoms. The molecule has 0 saturated carbocycles. The van der Waals surface area contributed by atoms with E-state index in [1.807, 2.05) is 13.0 Å². The number of nitrogens with zero attached hydrogens (tertiary/aromatic N) is 3. The van der Waals surface area contributed by atoms with Crippen LogP contribution in [0.4, 0.5) is 5.82 Å². The van der Waals surface area contributed by atoms with Gasteiger partial charge in [0.05, 0.1) is 13.7 Å². The molecule has 2 heterocycles. The van der Waals surface area contributed by atoms with Gasteiger partial charge in [0.1, 0.15) is 11.6 Å². The number of anilines is 1. The highest BCUT2D eigenvalue weighted by Gasteiger charge is 2.19.